The van der Waals surface area contributed by atoms with Crippen molar-refractivity contribution in [3.8, 4) is 0 Å². The van der Waals surface area contributed by atoms with E-state index < -0.39 is 23.9 Å². The van der Waals surface area contributed by atoms with Crippen molar-refractivity contribution in [2.24, 2.45) is 5.73 Å². The smallest absolute Gasteiger partial charge is 0.405 e. The second kappa shape index (κ2) is 7.13. The summed E-state index contributed by atoms with van der Waals surface area (Å²) in [6.45, 7) is 3.46. The Kier molecular flexibility index (Phi) is 5.52. The number of hydrogen-bond acceptors (Lipinski definition) is 4. The normalized spacial score (nSPS) is 11.4. The summed E-state index contributed by atoms with van der Waals surface area (Å²) in [7, 11) is 0. The molecule has 2 amide bonds. The number of nitrogen functional groups attached to an aromatic ring is 1. The summed E-state index contributed by atoms with van der Waals surface area (Å²) < 4.78 is 17.7. The first-order valence-electron chi connectivity index (χ1n) is 5.82. The monoisotopic (exact) mass is 281 g/mol. The van der Waals surface area contributed by atoms with Gasteiger partial charge in [0, 0.05) is 18.7 Å². The van der Waals surface area contributed by atoms with Gasteiger partial charge in [-0.15, -0.1) is 6.58 Å². The van der Waals surface area contributed by atoms with Gasteiger partial charge in [-0.05, 0) is 23.8 Å². The van der Waals surface area contributed by atoms with E-state index in [1.165, 1.54) is 24.3 Å². The van der Waals surface area contributed by atoms with Crippen LogP contribution >= 0.6 is 0 Å². The number of amides is 2. The van der Waals surface area contributed by atoms with E-state index >= 15 is 0 Å². The van der Waals surface area contributed by atoms with Gasteiger partial charge in [-0.2, -0.15) is 0 Å². The molecular formula is C13H16FN3O3. The van der Waals surface area contributed by atoms with Crippen molar-refractivity contribution in [3.05, 3.63) is 42.2 Å². The van der Waals surface area contributed by atoms with Gasteiger partial charge in [-0.3, -0.25) is 4.79 Å². The Bertz CT molecular complexity index is 520. The lowest BCUT2D eigenvalue weighted by molar-refractivity contribution is -0.129. The predicted molar refractivity (Wildman–Crippen MR) is 71.9 cm³/mol. The van der Waals surface area contributed by atoms with E-state index in [0.29, 0.717) is 11.3 Å². The molecule has 6 nitrogen and oxygen atoms in total. The molecule has 1 aromatic carbocycles. The van der Waals surface area contributed by atoms with Gasteiger partial charge in [-0.1, -0.05) is 6.08 Å². The number of carbonyl (C=O) groups excluding carboxylic acids is 2. The molecule has 0 bridgehead atoms. The van der Waals surface area contributed by atoms with Gasteiger partial charge in [0.2, 0.25) is 0 Å². The maximum Gasteiger partial charge on any atom is 0.405 e. The molecule has 0 saturated carbocycles. The highest BCUT2D eigenvalue weighted by Gasteiger charge is 2.20. The molecule has 1 rings (SSSR count). The molecule has 0 unspecified atom stereocenters. The van der Waals surface area contributed by atoms with Crippen LogP contribution in [0.2, 0.25) is 0 Å². The van der Waals surface area contributed by atoms with Crippen LogP contribution in [0.15, 0.2) is 30.9 Å². The third-order valence-electron chi connectivity index (χ3n) is 2.49. The van der Waals surface area contributed by atoms with Crippen LogP contribution in [0, 0.1) is 5.82 Å². The highest BCUT2D eigenvalue weighted by molar-refractivity contribution is 5.83. The predicted octanol–water partition coefficient (Wildman–Crippen LogP) is 1.06. The van der Waals surface area contributed by atoms with E-state index in [9.17, 15) is 14.0 Å². The number of carbonyl (C=O) groups is 2. The number of anilines is 1. The Balaban J connectivity index is 2.66. The second-order valence-electron chi connectivity index (χ2n) is 4.01. The van der Waals surface area contributed by atoms with Gasteiger partial charge in [0.25, 0.3) is 5.91 Å². The number of primary amides is 1. The standard InChI is InChI=1S/C13H16FN3O3/c1-2-3-11(20-13(16)19)12(18)17-7-8-6-9(14)4-5-10(8)15/h2,4-6,11H,1,3,7,15H2,(H2,16,19)(H,17,18)/t11-/m0/s1. The summed E-state index contributed by atoms with van der Waals surface area (Å²) in [5.74, 6) is -1.02. The summed E-state index contributed by atoms with van der Waals surface area (Å²) in [6, 6.07) is 3.84. The second-order valence-corrected chi connectivity index (χ2v) is 4.01. The third kappa shape index (κ3) is 4.60. The number of halogens is 1. The number of nitrogens with one attached hydrogen (secondary N) is 1. The van der Waals surface area contributed by atoms with Crippen molar-refractivity contribution in [1.82, 2.24) is 5.32 Å². The molecule has 0 aliphatic heterocycles. The highest BCUT2D eigenvalue weighted by Crippen LogP contribution is 2.13. The lowest BCUT2D eigenvalue weighted by Crippen LogP contribution is -2.38. The van der Waals surface area contributed by atoms with Gasteiger partial charge in [0.05, 0.1) is 0 Å². The fourth-order valence-electron chi connectivity index (χ4n) is 1.52. The van der Waals surface area contributed by atoms with Crippen molar-refractivity contribution in [1.29, 1.82) is 0 Å². The van der Waals surface area contributed by atoms with E-state index in [0.717, 1.165) is 0 Å². The zero-order chi connectivity index (χ0) is 15.1. The quantitative estimate of drug-likeness (QED) is 0.535. The van der Waals surface area contributed by atoms with Crippen molar-refractivity contribution in [2.45, 2.75) is 19.1 Å². The molecule has 1 aromatic rings. The summed E-state index contributed by atoms with van der Waals surface area (Å²) in [6.07, 6.45) is -0.589. The zero-order valence-corrected chi connectivity index (χ0v) is 10.8. The Morgan fingerprint density at radius 3 is 2.80 bits per heavy atom. The topological polar surface area (TPSA) is 107 Å². The summed E-state index contributed by atoms with van der Waals surface area (Å²) in [5.41, 5.74) is 11.3. The van der Waals surface area contributed by atoms with Crippen LogP contribution < -0.4 is 16.8 Å². The molecule has 0 spiro atoms. The van der Waals surface area contributed by atoms with Crippen LogP contribution in [0.5, 0.6) is 0 Å². The summed E-state index contributed by atoms with van der Waals surface area (Å²) >= 11 is 0. The van der Waals surface area contributed by atoms with E-state index in [1.807, 2.05) is 0 Å². The van der Waals surface area contributed by atoms with Crippen LogP contribution in [0.25, 0.3) is 0 Å². The van der Waals surface area contributed by atoms with E-state index in [1.54, 1.807) is 0 Å². The van der Waals surface area contributed by atoms with Crippen LogP contribution in [-0.4, -0.2) is 18.1 Å². The Morgan fingerprint density at radius 2 is 2.20 bits per heavy atom. The number of rotatable bonds is 6. The maximum atomic E-state index is 13.1. The van der Waals surface area contributed by atoms with Gasteiger partial charge < -0.3 is 21.5 Å². The highest BCUT2D eigenvalue weighted by atomic mass is 19.1. The van der Waals surface area contributed by atoms with E-state index in [4.69, 9.17) is 11.5 Å². The van der Waals surface area contributed by atoms with Crippen molar-refractivity contribution in [3.63, 3.8) is 0 Å². The number of benzene rings is 1. The van der Waals surface area contributed by atoms with Crippen LogP contribution in [0.4, 0.5) is 14.9 Å². The summed E-state index contributed by atoms with van der Waals surface area (Å²) in [5, 5.41) is 2.49. The van der Waals surface area contributed by atoms with Gasteiger partial charge in [-0.25, -0.2) is 9.18 Å². The SMILES string of the molecule is C=CC[C@H](OC(N)=O)C(=O)NCc1cc(F)ccc1N. The first-order valence-corrected chi connectivity index (χ1v) is 5.82. The minimum absolute atomic E-state index is 0.0121. The molecule has 0 radical (unpaired) electrons. The van der Waals surface area contributed by atoms with E-state index in [2.05, 4.69) is 16.6 Å². The average molecular weight is 281 g/mol. The van der Waals surface area contributed by atoms with Crippen molar-refractivity contribution in [2.75, 3.05) is 5.73 Å². The molecule has 20 heavy (non-hydrogen) atoms. The lowest BCUT2D eigenvalue weighted by Gasteiger charge is -2.15. The number of hydrogen-bond donors (Lipinski definition) is 3. The molecule has 0 heterocycles. The molecular weight excluding hydrogens is 265 g/mol. The molecule has 0 saturated heterocycles. The molecule has 0 aliphatic carbocycles. The van der Waals surface area contributed by atoms with E-state index in [-0.39, 0.29) is 13.0 Å². The molecule has 0 aromatic heterocycles. The fraction of sp³-hybridized carbons (Fsp3) is 0.231. The van der Waals surface area contributed by atoms with Crippen LogP contribution in [0.3, 0.4) is 0 Å². The van der Waals surface area contributed by atoms with Gasteiger partial charge in [0.15, 0.2) is 6.10 Å². The van der Waals surface area contributed by atoms with Gasteiger partial charge >= 0.3 is 6.09 Å². The lowest BCUT2D eigenvalue weighted by atomic mass is 10.1. The first-order chi connectivity index (χ1) is 9.43. The van der Waals surface area contributed by atoms with Crippen LogP contribution in [0.1, 0.15) is 12.0 Å². The Hall–Kier alpha value is -2.57. The average Bonchev–Trinajstić information content (AvgIpc) is 2.38. The molecule has 5 N–H and O–H groups in total. The molecule has 0 aliphatic rings. The largest absolute Gasteiger partial charge is 0.436 e. The Labute approximate surface area is 115 Å². The fourth-order valence-corrected chi connectivity index (χ4v) is 1.52. The van der Waals surface area contributed by atoms with Gasteiger partial charge in [0.1, 0.15) is 5.82 Å². The third-order valence-corrected chi connectivity index (χ3v) is 2.49. The maximum absolute atomic E-state index is 13.1. The number of nitrogens with two attached hydrogens (primary N) is 2. The minimum atomic E-state index is -1.07. The molecule has 7 heteroatoms. The molecule has 0 fully saturated rings. The molecule has 108 valence electrons. The number of ether oxygens (including phenoxy) is 1. The Morgan fingerprint density at radius 1 is 1.50 bits per heavy atom. The minimum Gasteiger partial charge on any atom is -0.436 e. The first kappa shape index (κ1) is 15.5. The van der Waals surface area contributed by atoms with Crippen molar-refractivity contribution < 1.29 is 18.7 Å². The van der Waals surface area contributed by atoms with Crippen LogP contribution in [-0.2, 0) is 16.1 Å². The molecule has 1 atom stereocenters. The van der Waals surface area contributed by atoms with Crippen molar-refractivity contribution >= 4 is 17.7 Å². The summed E-state index contributed by atoms with van der Waals surface area (Å²) in [4.78, 5) is 22.5. The zero-order valence-electron chi connectivity index (χ0n) is 10.8.